The highest BCUT2D eigenvalue weighted by atomic mass is 28.4. The molecule has 7 heteroatoms. The number of piperidine rings is 1. The molecule has 0 bridgehead atoms. The molecule has 4 aromatic rings. The monoisotopic (exact) mass is 707 g/mol. The fourth-order valence-corrected chi connectivity index (χ4v) is 13.7. The van der Waals surface area contributed by atoms with Crippen molar-refractivity contribution in [2.45, 2.75) is 103 Å². The Labute approximate surface area is 308 Å². The minimum Gasteiger partial charge on any atom is -0.493 e. The van der Waals surface area contributed by atoms with E-state index in [1.54, 1.807) is 0 Å². The van der Waals surface area contributed by atoms with Crippen molar-refractivity contribution in [3.05, 3.63) is 84.1 Å². The van der Waals surface area contributed by atoms with Gasteiger partial charge in [0.15, 0.2) is 5.58 Å². The molecule has 7 rings (SSSR count). The molecule has 0 spiro atoms. The predicted molar refractivity (Wildman–Crippen MR) is 212 cm³/mol. The van der Waals surface area contributed by atoms with Crippen molar-refractivity contribution >= 4 is 29.7 Å². The van der Waals surface area contributed by atoms with Crippen LogP contribution in [0.25, 0.3) is 11.0 Å². The molecule has 2 aliphatic carbocycles. The summed E-state index contributed by atoms with van der Waals surface area (Å²) in [5.74, 6) is 2.98. The Morgan fingerprint density at radius 3 is 2.12 bits per heavy atom. The van der Waals surface area contributed by atoms with Crippen LogP contribution >= 0.6 is 0 Å². The number of aryl methyl sites for hydroxylation is 1. The van der Waals surface area contributed by atoms with E-state index in [4.69, 9.17) is 13.7 Å². The molecule has 51 heavy (non-hydrogen) atoms. The van der Waals surface area contributed by atoms with E-state index in [1.165, 1.54) is 81.3 Å². The molecule has 1 aromatic heterocycles. The summed E-state index contributed by atoms with van der Waals surface area (Å²) in [6.45, 7) is 12.3. The first kappa shape index (κ1) is 36.4. The van der Waals surface area contributed by atoms with Gasteiger partial charge < -0.3 is 23.5 Å². The molecular weight excluding hydrogens is 647 g/mol. The van der Waals surface area contributed by atoms with Gasteiger partial charge in [-0.1, -0.05) is 99.4 Å². The molecule has 2 saturated carbocycles. The maximum absolute atomic E-state index is 7.76. The molecule has 3 aromatic carbocycles. The average molecular weight is 708 g/mol. The van der Waals surface area contributed by atoms with Gasteiger partial charge in [-0.2, -0.15) is 0 Å². The molecule has 274 valence electrons. The third kappa shape index (κ3) is 8.32. The molecule has 0 amide bonds. The lowest BCUT2D eigenvalue weighted by Gasteiger charge is -2.48. The first-order chi connectivity index (χ1) is 24.7. The van der Waals surface area contributed by atoms with Crippen LogP contribution in [0.1, 0.15) is 89.8 Å². The fourth-order valence-electron chi connectivity index (χ4n) is 8.95. The maximum Gasteiger partial charge on any atom is 0.261 e. The molecule has 3 fully saturated rings. The summed E-state index contributed by atoms with van der Waals surface area (Å²) in [5, 5.41) is 8.57. The van der Waals surface area contributed by atoms with Crippen LogP contribution in [0.5, 0.6) is 5.75 Å². The second-order valence-electron chi connectivity index (χ2n) is 17.2. The van der Waals surface area contributed by atoms with Crippen LogP contribution in [-0.4, -0.2) is 69.7 Å². The van der Waals surface area contributed by atoms with Crippen molar-refractivity contribution in [2.24, 2.45) is 17.8 Å². The number of aromatic nitrogens is 1. The van der Waals surface area contributed by atoms with Gasteiger partial charge in [0.05, 0.1) is 17.9 Å². The van der Waals surface area contributed by atoms with Crippen LogP contribution in [0.3, 0.4) is 0 Å². The van der Waals surface area contributed by atoms with E-state index in [0.29, 0.717) is 12.0 Å². The second-order valence-corrected chi connectivity index (χ2v) is 21.4. The van der Waals surface area contributed by atoms with Gasteiger partial charge in [0.25, 0.3) is 8.32 Å². The average Bonchev–Trinajstić information content (AvgIpc) is 3.87. The number of rotatable bonds is 14. The third-order valence-electron chi connectivity index (χ3n) is 12.0. The molecule has 2 heterocycles. The van der Waals surface area contributed by atoms with Crippen molar-refractivity contribution < 1.29 is 13.7 Å². The van der Waals surface area contributed by atoms with E-state index >= 15 is 0 Å². The van der Waals surface area contributed by atoms with E-state index in [0.717, 1.165) is 65.9 Å². The van der Waals surface area contributed by atoms with Gasteiger partial charge in [0.1, 0.15) is 5.75 Å². The summed E-state index contributed by atoms with van der Waals surface area (Å²) < 4.78 is 20.0. The van der Waals surface area contributed by atoms with Gasteiger partial charge in [-0.15, -0.1) is 0 Å². The zero-order valence-electron chi connectivity index (χ0n) is 31.9. The molecule has 6 nitrogen and oxygen atoms in total. The number of nitrogens with zero attached hydrogens (tertiary/aromatic N) is 3. The summed E-state index contributed by atoms with van der Waals surface area (Å²) >= 11 is 0. The summed E-state index contributed by atoms with van der Waals surface area (Å²) in [5.41, 5.74) is 3.14. The van der Waals surface area contributed by atoms with Crippen LogP contribution < -0.4 is 15.1 Å². The second kappa shape index (κ2) is 16.0. The largest absolute Gasteiger partial charge is 0.493 e. The summed E-state index contributed by atoms with van der Waals surface area (Å²) in [6, 6.07) is 26.7. The normalized spacial score (nSPS) is 21.1. The number of hydrogen-bond donors (Lipinski definition) is 0. The van der Waals surface area contributed by atoms with E-state index in [1.807, 2.05) is 0 Å². The summed E-state index contributed by atoms with van der Waals surface area (Å²) in [4.78, 5) is 4.95. The minimum atomic E-state index is -2.58. The van der Waals surface area contributed by atoms with Crippen LogP contribution in [-0.2, 0) is 17.4 Å². The number of ether oxygens (including phenoxy) is 1. The fraction of sp³-hybridized carbons (Fsp3) is 0.568. The van der Waals surface area contributed by atoms with Crippen LogP contribution in [0.2, 0.25) is 5.04 Å². The van der Waals surface area contributed by atoms with Gasteiger partial charge in [0, 0.05) is 24.6 Å². The first-order valence-corrected chi connectivity index (χ1v) is 21.8. The molecule has 0 radical (unpaired) electrons. The Morgan fingerprint density at radius 2 is 1.49 bits per heavy atom. The topological polar surface area (TPSA) is 51.0 Å². The highest BCUT2D eigenvalue weighted by molar-refractivity contribution is 6.99. The van der Waals surface area contributed by atoms with Gasteiger partial charge in [0.2, 0.25) is 0 Å². The van der Waals surface area contributed by atoms with Crippen molar-refractivity contribution in [3.63, 3.8) is 0 Å². The van der Waals surface area contributed by atoms with Gasteiger partial charge in [-0.25, -0.2) is 0 Å². The molecule has 3 aliphatic rings. The van der Waals surface area contributed by atoms with Crippen molar-refractivity contribution in [1.82, 2.24) is 15.0 Å². The molecule has 1 saturated heterocycles. The van der Waals surface area contributed by atoms with Crippen molar-refractivity contribution in [2.75, 3.05) is 40.3 Å². The number of fused-ring (bicyclic) bond motifs is 1. The zero-order valence-corrected chi connectivity index (χ0v) is 32.9. The Morgan fingerprint density at radius 1 is 0.824 bits per heavy atom. The number of benzene rings is 3. The summed E-state index contributed by atoms with van der Waals surface area (Å²) in [6.07, 6.45) is 12.5. The SMILES string of the molecule is CN(C)Cc1c(OCC2CC2)ccc2c(CCC3CCN(C[C@H]4CCCC[C@H]4O[Si](c4ccccc4)(c4ccccc4)C(C)(C)C)CC3)noc12. The lowest BCUT2D eigenvalue weighted by Crippen LogP contribution is -2.68. The third-order valence-corrected chi connectivity index (χ3v) is 17.1. The standard InChI is InChI=1S/C44H61N3O3Si/c1-44(2,3)51(36-15-8-6-9-16-36,37-17-10-7-11-18-37)50-41-19-13-12-14-35(41)30-47-28-26-33(27-29-47)22-24-40-38-23-25-42(48-32-34-20-21-34)39(31-46(4)5)43(38)49-45-40/h6-11,15-18,23,25,33-35,41H,12-14,19-22,24,26-32H2,1-5H3/t35-,41-/m1/s1. The van der Waals surface area contributed by atoms with Crippen molar-refractivity contribution in [1.29, 1.82) is 0 Å². The zero-order chi connectivity index (χ0) is 35.4. The van der Waals surface area contributed by atoms with Crippen LogP contribution in [0, 0.1) is 17.8 Å². The number of hydrogen-bond acceptors (Lipinski definition) is 6. The smallest absolute Gasteiger partial charge is 0.261 e. The minimum absolute atomic E-state index is 0.00521. The van der Waals surface area contributed by atoms with E-state index < -0.39 is 8.32 Å². The molecule has 1 aliphatic heterocycles. The Balaban J connectivity index is 0.988. The van der Waals surface area contributed by atoms with E-state index in [2.05, 4.69) is 123 Å². The van der Waals surface area contributed by atoms with Crippen molar-refractivity contribution in [3.8, 4) is 5.75 Å². The Kier molecular flexibility index (Phi) is 11.4. The molecule has 0 N–H and O–H groups in total. The Bertz CT molecular complexity index is 1650. The molecule has 0 unspecified atom stereocenters. The van der Waals surface area contributed by atoms with Crippen LogP contribution in [0.15, 0.2) is 77.3 Å². The number of likely N-dealkylation sites (tertiary alicyclic amines) is 1. The predicted octanol–water partition coefficient (Wildman–Crippen LogP) is 8.46. The maximum atomic E-state index is 7.76. The van der Waals surface area contributed by atoms with Gasteiger partial charge in [-0.05, 0) is 124 Å². The van der Waals surface area contributed by atoms with E-state index in [-0.39, 0.29) is 5.04 Å². The molecular formula is C44H61N3O3Si. The highest BCUT2D eigenvalue weighted by Crippen LogP contribution is 2.41. The van der Waals surface area contributed by atoms with Crippen LogP contribution in [0.4, 0.5) is 0 Å². The summed E-state index contributed by atoms with van der Waals surface area (Å²) in [7, 11) is 1.63. The first-order valence-electron chi connectivity index (χ1n) is 19.9. The van der Waals surface area contributed by atoms with E-state index in [9.17, 15) is 0 Å². The van der Waals surface area contributed by atoms with Gasteiger partial charge in [-0.3, -0.25) is 0 Å². The Hall–Kier alpha value is -2.97. The lowest BCUT2D eigenvalue weighted by atomic mass is 9.85. The lowest BCUT2D eigenvalue weighted by molar-refractivity contribution is 0.0480. The highest BCUT2D eigenvalue weighted by Gasteiger charge is 2.52. The molecule has 2 atom stereocenters. The quantitative estimate of drug-likeness (QED) is 0.123. The van der Waals surface area contributed by atoms with Gasteiger partial charge >= 0.3 is 0 Å².